The topological polar surface area (TPSA) is 61.9 Å². The molecule has 0 saturated carbocycles. The number of nitrogens with one attached hydrogen (secondary N) is 1. The van der Waals surface area contributed by atoms with Crippen LogP contribution in [0.5, 0.6) is 5.75 Å². The van der Waals surface area contributed by atoms with E-state index in [1.54, 1.807) is 31.4 Å². The predicted molar refractivity (Wildman–Crippen MR) is 123 cm³/mol. The quantitative estimate of drug-likeness (QED) is 0.646. The van der Waals surface area contributed by atoms with Crippen molar-refractivity contribution < 1.29 is 13.2 Å². The molecule has 0 amide bonds. The highest BCUT2D eigenvalue weighted by Gasteiger charge is 2.40. The molecule has 3 saturated heterocycles. The molecule has 0 aliphatic carbocycles. The summed E-state index contributed by atoms with van der Waals surface area (Å²) < 4.78 is 33.3. The molecule has 0 spiro atoms. The number of ether oxygens (including phenoxy) is 1. The number of nitrogens with zero attached hydrogens (tertiary/aromatic N) is 2. The van der Waals surface area contributed by atoms with E-state index in [0.29, 0.717) is 24.1 Å². The average molecular weight is 444 g/mol. The van der Waals surface area contributed by atoms with Gasteiger partial charge in [-0.15, -0.1) is 0 Å². The van der Waals surface area contributed by atoms with E-state index in [9.17, 15) is 8.42 Å². The summed E-state index contributed by atoms with van der Waals surface area (Å²) in [7, 11) is 0.261. The second kappa shape index (κ2) is 9.69. The van der Waals surface area contributed by atoms with Crippen molar-refractivity contribution in [3.63, 3.8) is 0 Å². The molecule has 0 radical (unpaired) electrons. The Bertz CT molecular complexity index is 950. The van der Waals surface area contributed by atoms with Crippen LogP contribution in [0.15, 0.2) is 59.5 Å². The Hall–Kier alpha value is -1.93. The first-order valence-electron chi connectivity index (χ1n) is 11.0. The molecule has 0 aromatic heterocycles. The zero-order valence-electron chi connectivity index (χ0n) is 18.4. The first-order valence-corrected chi connectivity index (χ1v) is 12.5. The van der Waals surface area contributed by atoms with E-state index in [4.69, 9.17) is 4.74 Å². The molecule has 168 valence electrons. The largest absolute Gasteiger partial charge is 0.497 e. The summed E-state index contributed by atoms with van der Waals surface area (Å²) in [6.45, 7) is 4.64. The number of fused-ring (bicyclic) bond motifs is 3. The second-order valence-electron chi connectivity index (χ2n) is 8.90. The van der Waals surface area contributed by atoms with Gasteiger partial charge in [-0.25, -0.2) is 13.1 Å². The fraction of sp³-hybridized carbons (Fsp3) is 0.500. The SMILES string of the molecule is COc1ccc(S(=O)(=O)NC[C@H]2C[C@@H]3CCN2C[C@H]3CN(C)Cc2ccccc2)cc1. The van der Waals surface area contributed by atoms with Crippen molar-refractivity contribution in [2.75, 3.05) is 40.3 Å². The Morgan fingerprint density at radius 2 is 1.87 bits per heavy atom. The van der Waals surface area contributed by atoms with Crippen molar-refractivity contribution >= 4 is 10.0 Å². The third kappa shape index (κ3) is 5.47. The van der Waals surface area contributed by atoms with Gasteiger partial charge < -0.3 is 9.64 Å². The molecule has 1 unspecified atom stereocenters. The molecule has 2 bridgehead atoms. The van der Waals surface area contributed by atoms with Gasteiger partial charge in [0.05, 0.1) is 12.0 Å². The van der Waals surface area contributed by atoms with Crippen LogP contribution in [0.3, 0.4) is 0 Å². The number of sulfonamides is 1. The van der Waals surface area contributed by atoms with Crippen LogP contribution in [-0.4, -0.2) is 64.6 Å². The number of hydrogen-bond acceptors (Lipinski definition) is 5. The molecule has 6 nitrogen and oxygen atoms in total. The molecule has 3 aliphatic rings. The molecule has 4 atom stereocenters. The molecular weight excluding hydrogens is 410 g/mol. The monoisotopic (exact) mass is 443 g/mol. The van der Waals surface area contributed by atoms with Crippen molar-refractivity contribution in [3.8, 4) is 5.75 Å². The molecule has 31 heavy (non-hydrogen) atoms. The molecule has 7 heteroatoms. The van der Waals surface area contributed by atoms with Gasteiger partial charge in [-0.05, 0) is 68.1 Å². The standard InChI is InChI=1S/C24H33N3O3S/c1-26(16-19-6-4-3-5-7-19)17-21-18-27-13-12-20(21)14-22(27)15-25-31(28,29)24-10-8-23(30-2)9-11-24/h3-11,20-22,25H,12-18H2,1-2H3/t20-,21+,22+/m0/s1. The fourth-order valence-corrected chi connectivity index (χ4v) is 6.15. The zero-order chi connectivity index (χ0) is 21.8. The maximum atomic E-state index is 12.7. The summed E-state index contributed by atoms with van der Waals surface area (Å²) in [5.74, 6) is 1.97. The van der Waals surface area contributed by atoms with E-state index >= 15 is 0 Å². The molecular formula is C24H33N3O3S. The number of benzene rings is 2. The van der Waals surface area contributed by atoms with E-state index < -0.39 is 10.0 Å². The van der Waals surface area contributed by atoms with Gasteiger partial charge in [0.2, 0.25) is 10.0 Å². The molecule has 3 heterocycles. The normalized spacial score (nSPS) is 25.6. The lowest BCUT2D eigenvalue weighted by Crippen LogP contribution is -2.58. The van der Waals surface area contributed by atoms with Crippen molar-refractivity contribution in [3.05, 3.63) is 60.2 Å². The van der Waals surface area contributed by atoms with Crippen molar-refractivity contribution in [2.24, 2.45) is 11.8 Å². The maximum Gasteiger partial charge on any atom is 0.240 e. The van der Waals surface area contributed by atoms with Gasteiger partial charge in [0.25, 0.3) is 0 Å². The minimum Gasteiger partial charge on any atom is -0.497 e. The number of hydrogen-bond donors (Lipinski definition) is 1. The van der Waals surface area contributed by atoms with Crippen molar-refractivity contribution in [2.45, 2.75) is 30.3 Å². The van der Waals surface area contributed by atoms with Crippen LogP contribution in [-0.2, 0) is 16.6 Å². The lowest BCUT2D eigenvalue weighted by Gasteiger charge is -2.50. The van der Waals surface area contributed by atoms with Gasteiger partial charge in [0.1, 0.15) is 5.75 Å². The van der Waals surface area contributed by atoms with Crippen LogP contribution < -0.4 is 9.46 Å². The van der Waals surface area contributed by atoms with Gasteiger partial charge in [0, 0.05) is 32.2 Å². The third-order valence-corrected chi connectivity index (χ3v) is 8.17. The smallest absolute Gasteiger partial charge is 0.240 e. The number of piperidine rings is 3. The lowest BCUT2D eigenvalue weighted by atomic mass is 9.75. The van der Waals surface area contributed by atoms with Gasteiger partial charge in [0.15, 0.2) is 0 Å². The van der Waals surface area contributed by atoms with Crippen molar-refractivity contribution in [1.29, 1.82) is 0 Å². The molecule has 2 aromatic carbocycles. The van der Waals surface area contributed by atoms with E-state index in [0.717, 1.165) is 32.6 Å². The van der Waals surface area contributed by atoms with E-state index in [1.807, 2.05) is 0 Å². The van der Waals surface area contributed by atoms with Gasteiger partial charge in [-0.3, -0.25) is 4.90 Å². The average Bonchev–Trinajstić information content (AvgIpc) is 2.79. The van der Waals surface area contributed by atoms with Crippen LogP contribution in [0.25, 0.3) is 0 Å². The van der Waals surface area contributed by atoms with Crippen molar-refractivity contribution in [1.82, 2.24) is 14.5 Å². The Kier molecular flexibility index (Phi) is 6.96. The van der Waals surface area contributed by atoms with E-state index in [1.165, 1.54) is 12.0 Å². The summed E-state index contributed by atoms with van der Waals surface area (Å²) in [4.78, 5) is 5.19. The first-order chi connectivity index (χ1) is 14.9. The minimum atomic E-state index is -3.51. The van der Waals surface area contributed by atoms with Crippen LogP contribution in [0.1, 0.15) is 18.4 Å². The Morgan fingerprint density at radius 3 is 2.52 bits per heavy atom. The first kappa shape index (κ1) is 22.3. The lowest BCUT2D eigenvalue weighted by molar-refractivity contribution is -0.00822. The third-order valence-electron chi connectivity index (χ3n) is 6.73. The Balaban J connectivity index is 1.29. The summed E-state index contributed by atoms with van der Waals surface area (Å²) in [5, 5.41) is 0. The molecule has 1 N–H and O–H groups in total. The Labute approximate surface area is 186 Å². The summed E-state index contributed by atoms with van der Waals surface area (Å²) >= 11 is 0. The predicted octanol–water partition coefficient (Wildman–Crippen LogP) is 2.82. The maximum absolute atomic E-state index is 12.7. The molecule has 2 aromatic rings. The summed E-state index contributed by atoms with van der Waals surface area (Å²) in [5.41, 5.74) is 1.34. The zero-order valence-corrected chi connectivity index (χ0v) is 19.2. The molecule has 3 aliphatic heterocycles. The fourth-order valence-electron chi connectivity index (χ4n) is 5.07. The number of methoxy groups -OCH3 is 1. The highest BCUT2D eigenvalue weighted by atomic mass is 32.2. The van der Waals surface area contributed by atoms with Crippen LogP contribution in [0.2, 0.25) is 0 Å². The second-order valence-corrected chi connectivity index (χ2v) is 10.7. The minimum absolute atomic E-state index is 0.280. The summed E-state index contributed by atoms with van der Waals surface area (Å²) in [6, 6.07) is 17.4. The molecule has 3 fully saturated rings. The van der Waals surface area contributed by atoms with Crippen LogP contribution in [0.4, 0.5) is 0 Å². The Morgan fingerprint density at radius 1 is 1.13 bits per heavy atom. The van der Waals surface area contributed by atoms with Gasteiger partial charge >= 0.3 is 0 Å². The van der Waals surface area contributed by atoms with Crippen LogP contribution >= 0.6 is 0 Å². The summed E-state index contributed by atoms with van der Waals surface area (Å²) in [6.07, 6.45) is 2.28. The van der Waals surface area contributed by atoms with E-state index in [-0.39, 0.29) is 10.9 Å². The highest BCUT2D eigenvalue weighted by Crippen LogP contribution is 2.36. The van der Waals surface area contributed by atoms with Gasteiger partial charge in [-0.2, -0.15) is 0 Å². The van der Waals surface area contributed by atoms with E-state index in [2.05, 4.69) is 51.9 Å². The van der Waals surface area contributed by atoms with Gasteiger partial charge in [-0.1, -0.05) is 30.3 Å². The highest BCUT2D eigenvalue weighted by molar-refractivity contribution is 7.89. The number of rotatable bonds is 9. The van der Waals surface area contributed by atoms with Crippen LogP contribution in [0, 0.1) is 11.8 Å². The molecule has 5 rings (SSSR count).